The minimum atomic E-state index is -4.41. The van der Waals surface area contributed by atoms with Gasteiger partial charge in [0.15, 0.2) is 0 Å². The first kappa shape index (κ1) is 30.0. The van der Waals surface area contributed by atoms with Gasteiger partial charge in [-0.3, -0.25) is 4.79 Å². The fraction of sp³-hybridized carbons (Fsp3) is 0.379. The first-order chi connectivity index (χ1) is 18.8. The summed E-state index contributed by atoms with van der Waals surface area (Å²) in [6.07, 6.45) is 4.20. The van der Waals surface area contributed by atoms with Gasteiger partial charge in [-0.25, -0.2) is 9.18 Å². The normalized spacial score (nSPS) is 15.2. The molecular weight excluding hydrogens is 566 g/mol. The van der Waals surface area contributed by atoms with E-state index in [1.807, 2.05) is 0 Å². The van der Waals surface area contributed by atoms with E-state index in [1.165, 1.54) is 48.5 Å². The van der Waals surface area contributed by atoms with Gasteiger partial charge in [0.25, 0.3) is 5.91 Å². The van der Waals surface area contributed by atoms with Crippen molar-refractivity contribution in [1.29, 1.82) is 0 Å². The fourth-order valence-corrected chi connectivity index (χ4v) is 7.06. The third-order valence-corrected chi connectivity index (χ3v) is 9.09. The first-order valence-corrected chi connectivity index (χ1v) is 14.4. The van der Waals surface area contributed by atoms with Gasteiger partial charge in [-0.15, -0.1) is 11.8 Å². The highest BCUT2D eigenvalue weighted by Crippen LogP contribution is 2.40. The molecule has 3 aromatic carbocycles. The standard InChI is InChI=1S/C29H29F4NO4S2/c1-28(2,39-20-5-3-4-6-20)25(27(36)37)34-26(35)23-13-9-18-15-19(30)10-14-22(18)24(23)38-16-17-7-11-21(12-8-17)40-29(31,32)33/h7-15,20,25H,3-6,16H2,1-2H3,(H,34,35)(H,36,37)/t25-/m1/s1. The number of aliphatic carboxylic acids is 1. The van der Waals surface area contributed by atoms with Crippen LogP contribution in [-0.2, 0) is 11.4 Å². The van der Waals surface area contributed by atoms with Crippen LogP contribution in [0.2, 0.25) is 0 Å². The van der Waals surface area contributed by atoms with Crippen molar-refractivity contribution in [3.8, 4) is 5.75 Å². The molecule has 0 radical (unpaired) electrons. The molecule has 1 amide bonds. The van der Waals surface area contributed by atoms with Crippen molar-refractivity contribution in [1.82, 2.24) is 5.32 Å². The lowest BCUT2D eigenvalue weighted by Gasteiger charge is -2.33. The van der Waals surface area contributed by atoms with Gasteiger partial charge in [0.1, 0.15) is 24.2 Å². The number of carbonyl (C=O) groups excluding carboxylic acids is 1. The average molecular weight is 596 g/mol. The molecule has 0 bridgehead atoms. The Morgan fingerprint density at radius 3 is 2.35 bits per heavy atom. The minimum Gasteiger partial charge on any atom is -0.487 e. The van der Waals surface area contributed by atoms with Gasteiger partial charge in [0, 0.05) is 20.3 Å². The number of thioether (sulfide) groups is 2. The largest absolute Gasteiger partial charge is 0.487 e. The number of alkyl halides is 3. The van der Waals surface area contributed by atoms with Crippen molar-refractivity contribution in [3.05, 3.63) is 71.5 Å². The topological polar surface area (TPSA) is 75.6 Å². The number of fused-ring (bicyclic) bond motifs is 1. The van der Waals surface area contributed by atoms with Crippen LogP contribution in [0.3, 0.4) is 0 Å². The Hall–Kier alpha value is -2.92. The average Bonchev–Trinajstić information content (AvgIpc) is 3.37. The maximum Gasteiger partial charge on any atom is 0.446 e. The monoisotopic (exact) mass is 595 g/mol. The summed E-state index contributed by atoms with van der Waals surface area (Å²) in [6, 6.07) is 11.4. The van der Waals surface area contributed by atoms with Crippen molar-refractivity contribution in [2.24, 2.45) is 0 Å². The van der Waals surface area contributed by atoms with Crippen LogP contribution in [0.15, 0.2) is 59.5 Å². The molecule has 2 N–H and O–H groups in total. The smallest absolute Gasteiger partial charge is 0.446 e. The van der Waals surface area contributed by atoms with E-state index in [1.54, 1.807) is 31.7 Å². The molecule has 4 rings (SSSR count). The fourth-order valence-electron chi connectivity index (χ4n) is 4.79. The maximum absolute atomic E-state index is 13.9. The first-order valence-electron chi connectivity index (χ1n) is 12.7. The number of benzene rings is 3. The van der Waals surface area contributed by atoms with Gasteiger partial charge in [-0.2, -0.15) is 13.2 Å². The predicted molar refractivity (Wildman–Crippen MR) is 149 cm³/mol. The number of rotatable bonds is 10. The molecule has 1 atom stereocenters. The number of hydrogen-bond acceptors (Lipinski definition) is 5. The molecule has 1 fully saturated rings. The van der Waals surface area contributed by atoms with Crippen molar-refractivity contribution >= 4 is 46.2 Å². The van der Waals surface area contributed by atoms with E-state index in [4.69, 9.17) is 4.74 Å². The van der Waals surface area contributed by atoms with Crippen molar-refractivity contribution in [3.63, 3.8) is 0 Å². The third kappa shape index (κ3) is 7.63. The van der Waals surface area contributed by atoms with Gasteiger partial charge < -0.3 is 15.2 Å². The molecule has 0 unspecified atom stereocenters. The number of carbonyl (C=O) groups is 2. The summed E-state index contributed by atoms with van der Waals surface area (Å²) in [5, 5.41) is 13.9. The minimum absolute atomic E-state index is 0.0229. The van der Waals surface area contributed by atoms with E-state index in [2.05, 4.69) is 5.32 Å². The summed E-state index contributed by atoms with van der Waals surface area (Å²) in [6.45, 7) is 3.52. The van der Waals surface area contributed by atoms with E-state index < -0.39 is 34.0 Å². The van der Waals surface area contributed by atoms with Crippen molar-refractivity contribution < 1.29 is 37.0 Å². The van der Waals surface area contributed by atoms with Crippen LogP contribution in [0, 0.1) is 5.82 Å². The zero-order valence-corrected chi connectivity index (χ0v) is 23.5. The summed E-state index contributed by atoms with van der Waals surface area (Å²) in [7, 11) is 0. The Morgan fingerprint density at radius 2 is 1.73 bits per heavy atom. The van der Waals surface area contributed by atoms with E-state index in [0.29, 0.717) is 21.6 Å². The number of hydrogen-bond donors (Lipinski definition) is 2. The number of nitrogens with one attached hydrogen (secondary N) is 1. The molecule has 3 aromatic rings. The molecule has 0 aromatic heterocycles. The third-order valence-electron chi connectivity index (χ3n) is 6.71. The van der Waals surface area contributed by atoms with Gasteiger partial charge in [-0.05, 0) is 85.8 Å². The lowest BCUT2D eigenvalue weighted by Crippen LogP contribution is -2.53. The van der Waals surface area contributed by atoms with E-state index in [-0.39, 0.29) is 34.6 Å². The molecule has 214 valence electrons. The Labute approximate surface area is 238 Å². The van der Waals surface area contributed by atoms with Crippen LogP contribution in [0.4, 0.5) is 17.6 Å². The number of carboxylic acid groups (broad SMARTS) is 1. The second-order valence-electron chi connectivity index (χ2n) is 10.2. The number of amides is 1. The Balaban J connectivity index is 1.60. The van der Waals surface area contributed by atoms with Gasteiger partial charge in [0.05, 0.1) is 5.56 Å². The van der Waals surface area contributed by atoms with Crippen molar-refractivity contribution in [2.75, 3.05) is 0 Å². The molecule has 40 heavy (non-hydrogen) atoms. The zero-order chi connectivity index (χ0) is 29.1. The summed E-state index contributed by atoms with van der Waals surface area (Å²) >= 11 is 1.34. The lowest BCUT2D eigenvalue weighted by atomic mass is 10.0. The van der Waals surface area contributed by atoms with Gasteiger partial charge in [-0.1, -0.05) is 31.0 Å². The molecule has 5 nitrogen and oxygen atoms in total. The summed E-state index contributed by atoms with van der Waals surface area (Å²) < 4.78 is 57.1. The highest BCUT2D eigenvalue weighted by atomic mass is 32.2. The molecule has 0 aliphatic heterocycles. The zero-order valence-electron chi connectivity index (χ0n) is 21.9. The number of halogens is 4. The molecule has 1 saturated carbocycles. The predicted octanol–water partition coefficient (Wildman–Crippen LogP) is 7.81. The van der Waals surface area contributed by atoms with Crippen LogP contribution in [0.25, 0.3) is 10.8 Å². The number of ether oxygens (including phenoxy) is 1. The van der Waals surface area contributed by atoms with Gasteiger partial charge in [0.2, 0.25) is 0 Å². The van der Waals surface area contributed by atoms with E-state index >= 15 is 0 Å². The Bertz CT molecular complexity index is 1370. The van der Waals surface area contributed by atoms with Crippen molar-refractivity contribution in [2.45, 2.75) is 72.6 Å². The van der Waals surface area contributed by atoms with Crippen LogP contribution >= 0.6 is 23.5 Å². The molecular formula is C29H29F4NO4S2. The Kier molecular flexibility index (Phi) is 9.24. The second kappa shape index (κ2) is 12.3. The Morgan fingerprint density at radius 1 is 1.05 bits per heavy atom. The van der Waals surface area contributed by atoms with Crippen LogP contribution in [0.1, 0.15) is 55.5 Å². The van der Waals surface area contributed by atoms with E-state index in [9.17, 15) is 32.3 Å². The van der Waals surface area contributed by atoms with Crippen LogP contribution in [-0.4, -0.2) is 38.5 Å². The van der Waals surface area contributed by atoms with Crippen LogP contribution < -0.4 is 10.1 Å². The SMILES string of the molecule is CC(C)(SC1CCCC1)[C@H](NC(=O)c1ccc2cc(F)ccc2c1OCc1ccc(SC(F)(F)F)cc1)C(=O)O. The summed E-state index contributed by atoms with van der Waals surface area (Å²) in [4.78, 5) is 25.8. The van der Waals surface area contributed by atoms with E-state index in [0.717, 1.165) is 25.7 Å². The maximum atomic E-state index is 13.9. The van der Waals surface area contributed by atoms with Crippen LogP contribution in [0.5, 0.6) is 5.75 Å². The molecule has 0 heterocycles. The second-order valence-corrected chi connectivity index (χ2v) is 13.3. The molecule has 11 heteroatoms. The lowest BCUT2D eigenvalue weighted by molar-refractivity contribution is -0.139. The van der Waals surface area contributed by atoms with Gasteiger partial charge >= 0.3 is 11.5 Å². The molecule has 1 aliphatic carbocycles. The molecule has 0 spiro atoms. The molecule has 0 saturated heterocycles. The number of carboxylic acids is 1. The summed E-state index contributed by atoms with van der Waals surface area (Å²) in [5.74, 6) is -2.18. The highest BCUT2D eigenvalue weighted by molar-refractivity contribution is 8.01. The molecule has 1 aliphatic rings. The highest BCUT2D eigenvalue weighted by Gasteiger charge is 2.40. The quantitative estimate of drug-likeness (QED) is 0.184. The summed E-state index contributed by atoms with van der Waals surface area (Å²) in [5.41, 5.74) is -3.79.